The van der Waals surface area contributed by atoms with E-state index in [-0.39, 0.29) is 17.6 Å². The first-order valence-electron chi connectivity index (χ1n) is 10.5. The van der Waals surface area contributed by atoms with Crippen molar-refractivity contribution in [2.24, 2.45) is 5.92 Å². The number of nitrogens with two attached hydrogens (primary N) is 1. The molecule has 1 aromatic heterocycles. The average Bonchev–Trinajstić information content (AvgIpc) is 3.17. The maximum Gasteiger partial charge on any atom is 0.256 e. The number of anilines is 1. The molecule has 0 aliphatic rings. The molecule has 0 aliphatic heterocycles. The van der Waals surface area contributed by atoms with Crippen molar-refractivity contribution in [3.63, 3.8) is 0 Å². The number of nitrogens with one attached hydrogen (secondary N) is 2. The molecule has 0 unspecified atom stereocenters. The Hall–Kier alpha value is -3.61. The normalized spacial score (nSPS) is 10.8. The fourth-order valence-electron chi connectivity index (χ4n) is 3.17. The lowest BCUT2D eigenvalue weighted by atomic mass is 10.1. The highest BCUT2D eigenvalue weighted by molar-refractivity contribution is 5.98. The van der Waals surface area contributed by atoms with Gasteiger partial charge in [-0.05, 0) is 48.6 Å². The van der Waals surface area contributed by atoms with Gasteiger partial charge in [0.05, 0.1) is 11.9 Å². The van der Waals surface area contributed by atoms with E-state index in [1.807, 2.05) is 42.5 Å². The van der Waals surface area contributed by atoms with Gasteiger partial charge in [-0.15, -0.1) is 0 Å². The van der Waals surface area contributed by atoms with Crippen molar-refractivity contribution in [1.82, 2.24) is 20.4 Å². The number of benzene rings is 2. The Kier molecular flexibility index (Phi) is 7.43. The molecular weight excluding hydrogens is 390 g/mol. The van der Waals surface area contributed by atoms with Crippen molar-refractivity contribution in [1.29, 1.82) is 0 Å². The van der Waals surface area contributed by atoms with Gasteiger partial charge in [-0.1, -0.05) is 44.2 Å². The predicted molar refractivity (Wildman–Crippen MR) is 122 cm³/mol. The van der Waals surface area contributed by atoms with Crippen LogP contribution in [-0.2, 0) is 6.54 Å². The van der Waals surface area contributed by atoms with E-state index in [0.29, 0.717) is 30.1 Å². The smallest absolute Gasteiger partial charge is 0.256 e. The Balaban J connectivity index is 1.53. The molecule has 0 fully saturated rings. The molecule has 3 rings (SSSR count). The van der Waals surface area contributed by atoms with Gasteiger partial charge < -0.3 is 16.4 Å². The van der Waals surface area contributed by atoms with Crippen LogP contribution in [-0.4, -0.2) is 28.1 Å². The van der Waals surface area contributed by atoms with Crippen LogP contribution in [0.25, 0.3) is 5.69 Å². The second kappa shape index (κ2) is 10.4. The van der Waals surface area contributed by atoms with Crippen LogP contribution in [0.2, 0.25) is 0 Å². The van der Waals surface area contributed by atoms with Crippen LogP contribution >= 0.6 is 0 Å². The van der Waals surface area contributed by atoms with Crippen molar-refractivity contribution in [3.05, 3.63) is 77.5 Å². The standard InChI is InChI=1S/C24H29N5O2/c1-17(2)7-6-14-26-23(30)19-12-10-18(11-13-19)15-27-24(31)21-16-28-29(22(21)25)20-8-4-3-5-9-20/h3-5,8-13,16-17H,6-7,14-15,25H2,1-2H3,(H,26,30)(H,27,31). The van der Waals surface area contributed by atoms with Gasteiger partial charge in [-0.2, -0.15) is 5.10 Å². The Morgan fingerprint density at radius 2 is 1.71 bits per heavy atom. The van der Waals surface area contributed by atoms with Crippen molar-refractivity contribution >= 4 is 17.6 Å². The molecule has 31 heavy (non-hydrogen) atoms. The lowest BCUT2D eigenvalue weighted by Gasteiger charge is -2.08. The third-order valence-electron chi connectivity index (χ3n) is 4.96. The SMILES string of the molecule is CC(C)CCCNC(=O)c1ccc(CNC(=O)c2cnn(-c3ccccc3)c2N)cc1. The zero-order valence-corrected chi connectivity index (χ0v) is 18.0. The van der Waals surface area contributed by atoms with Crippen molar-refractivity contribution in [2.75, 3.05) is 12.3 Å². The van der Waals surface area contributed by atoms with E-state index in [2.05, 4.69) is 29.6 Å². The monoisotopic (exact) mass is 419 g/mol. The van der Waals surface area contributed by atoms with Gasteiger partial charge in [0.1, 0.15) is 11.4 Å². The fraction of sp³-hybridized carbons (Fsp3) is 0.292. The zero-order chi connectivity index (χ0) is 22.2. The second-order valence-electron chi connectivity index (χ2n) is 7.86. The van der Waals surface area contributed by atoms with Crippen LogP contribution < -0.4 is 16.4 Å². The molecule has 0 atom stereocenters. The van der Waals surface area contributed by atoms with Gasteiger partial charge in [-0.25, -0.2) is 4.68 Å². The average molecular weight is 420 g/mol. The highest BCUT2D eigenvalue weighted by Gasteiger charge is 2.16. The molecule has 0 spiro atoms. The van der Waals surface area contributed by atoms with Crippen LogP contribution in [0.3, 0.4) is 0 Å². The summed E-state index contributed by atoms with van der Waals surface area (Å²) in [6.07, 6.45) is 3.52. The number of carbonyl (C=O) groups is 2. The molecule has 0 saturated carbocycles. The van der Waals surface area contributed by atoms with Gasteiger partial charge in [0.15, 0.2) is 0 Å². The van der Waals surface area contributed by atoms with Crippen LogP contribution in [0.4, 0.5) is 5.82 Å². The van der Waals surface area contributed by atoms with E-state index in [9.17, 15) is 9.59 Å². The number of rotatable bonds is 9. The summed E-state index contributed by atoms with van der Waals surface area (Å²) in [6.45, 7) is 5.34. The number of nitrogen functional groups attached to an aromatic ring is 1. The molecule has 0 aliphatic carbocycles. The highest BCUT2D eigenvalue weighted by Crippen LogP contribution is 2.17. The molecule has 162 valence electrons. The summed E-state index contributed by atoms with van der Waals surface area (Å²) in [5.74, 6) is 0.537. The minimum Gasteiger partial charge on any atom is -0.383 e. The quantitative estimate of drug-likeness (QED) is 0.462. The number of para-hydroxylation sites is 1. The van der Waals surface area contributed by atoms with Crippen LogP contribution in [0, 0.1) is 5.92 Å². The lowest BCUT2D eigenvalue weighted by Crippen LogP contribution is -2.25. The summed E-state index contributed by atoms with van der Waals surface area (Å²) in [5, 5.41) is 10.0. The van der Waals surface area contributed by atoms with Gasteiger partial charge in [-0.3, -0.25) is 9.59 Å². The van der Waals surface area contributed by atoms with Crippen molar-refractivity contribution < 1.29 is 9.59 Å². The fourth-order valence-corrected chi connectivity index (χ4v) is 3.17. The third kappa shape index (κ3) is 5.94. The first-order valence-corrected chi connectivity index (χ1v) is 10.5. The topological polar surface area (TPSA) is 102 Å². The molecule has 0 saturated heterocycles. The molecule has 7 nitrogen and oxygen atoms in total. The number of hydrogen-bond acceptors (Lipinski definition) is 4. The van der Waals surface area contributed by atoms with Crippen LogP contribution in [0.5, 0.6) is 0 Å². The maximum absolute atomic E-state index is 12.5. The maximum atomic E-state index is 12.5. The van der Waals surface area contributed by atoms with E-state index in [1.165, 1.54) is 10.9 Å². The molecule has 7 heteroatoms. The minimum atomic E-state index is -0.299. The molecule has 3 aromatic rings. The van der Waals surface area contributed by atoms with Crippen molar-refractivity contribution in [3.8, 4) is 5.69 Å². The van der Waals surface area contributed by atoms with Gasteiger partial charge in [0.2, 0.25) is 0 Å². The Morgan fingerprint density at radius 3 is 2.39 bits per heavy atom. The predicted octanol–water partition coefficient (Wildman–Crippen LogP) is 3.55. The summed E-state index contributed by atoms with van der Waals surface area (Å²) < 4.78 is 1.53. The molecule has 2 amide bonds. The largest absolute Gasteiger partial charge is 0.383 e. The Labute approximate surface area is 182 Å². The van der Waals surface area contributed by atoms with Crippen molar-refractivity contribution in [2.45, 2.75) is 33.2 Å². The summed E-state index contributed by atoms with van der Waals surface area (Å²) in [5.41, 5.74) is 8.72. The van der Waals surface area contributed by atoms with E-state index in [4.69, 9.17) is 5.73 Å². The number of aromatic nitrogens is 2. The molecule has 0 radical (unpaired) electrons. The van der Waals surface area contributed by atoms with E-state index >= 15 is 0 Å². The Morgan fingerprint density at radius 1 is 1.00 bits per heavy atom. The number of carbonyl (C=O) groups excluding carboxylic acids is 2. The van der Waals surface area contributed by atoms with Gasteiger partial charge >= 0.3 is 0 Å². The summed E-state index contributed by atoms with van der Waals surface area (Å²) >= 11 is 0. The molecule has 4 N–H and O–H groups in total. The van der Waals surface area contributed by atoms with E-state index < -0.39 is 0 Å². The van der Waals surface area contributed by atoms with Gasteiger partial charge in [0, 0.05) is 18.7 Å². The zero-order valence-electron chi connectivity index (χ0n) is 18.0. The summed E-state index contributed by atoms with van der Waals surface area (Å²) in [6, 6.07) is 16.6. The number of amides is 2. The first-order chi connectivity index (χ1) is 15.0. The first kappa shape index (κ1) is 22.1. The lowest BCUT2D eigenvalue weighted by molar-refractivity contribution is 0.0943. The van der Waals surface area contributed by atoms with Gasteiger partial charge in [0.25, 0.3) is 11.8 Å². The summed E-state index contributed by atoms with van der Waals surface area (Å²) in [7, 11) is 0. The Bertz CT molecular complexity index is 1010. The molecule has 0 bridgehead atoms. The highest BCUT2D eigenvalue weighted by atomic mass is 16.2. The van der Waals surface area contributed by atoms with E-state index in [1.54, 1.807) is 12.1 Å². The number of nitrogens with zero attached hydrogens (tertiary/aromatic N) is 2. The minimum absolute atomic E-state index is 0.0829. The molecule has 1 heterocycles. The van der Waals surface area contributed by atoms with Crippen LogP contribution in [0.1, 0.15) is 53.0 Å². The summed E-state index contributed by atoms with van der Waals surface area (Å²) in [4.78, 5) is 24.7. The number of hydrogen-bond donors (Lipinski definition) is 3. The third-order valence-corrected chi connectivity index (χ3v) is 4.96. The second-order valence-corrected chi connectivity index (χ2v) is 7.86. The molecular formula is C24H29N5O2. The van der Waals surface area contributed by atoms with Crippen LogP contribution in [0.15, 0.2) is 60.8 Å². The molecule has 2 aromatic carbocycles. The van der Waals surface area contributed by atoms with E-state index in [0.717, 1.165) is 24.1 Å².